The van der Waals surface area contributed by atoms with Crippen LogP contribution in [-0.2, 0) is 0 Å². The van der Waals surface area contributed by atoms with Crippen LogP contribution >= 0.6 is 0 Å². The highest BCUT2D eigenvalue weighted by Crippen LogP contribution is 2.02. The number of benzene rings is 1. The van der Waals surface area contributed by atoms with Crippen LogP contribution in [0.5, 0.6) is 0 Å². The maximum Gasteiger partial charge on any atom is 0.188 e. The van der Waals surface area contributed by atoms with Gasteiger partial charge in [-0.3, -0.25) is 4.79 Å². The van der Waals surface area contributed by atoms with E-state index >= 15 is 0 Å². The zero-order chi connectivity index (χ0) is 12.8. The van der Waals surface area contributed by atoms with Crippen LogP contribution < -0.4 is 21.3 Å². The van der Waals surface area contributed by atoms with Gasteiger partial charge < -0.3 is 4.98 Å². The molecule has 0 saturated carbocycles. The number of carbonyl (C=O) groups is 1. The molecule has 2 heterocycles. The second-order valence-corrected chi connectivity index (χ2v) is 4.60. The fourth-order valence-corrected chi connectivity index (χ4v) is 2.42. The van der Waals surface area contributed by atoms with Crippen LogP contribution in [0.1, 0.15) is 10.4 Å². The predicted octanol–water partition coefficient (Wildman–Crippen LogP) is -0.230. The summed E-state index contributed by atoms with van der Waals surface area (Å²) in [4.78, 5) is 19.6. The maximum absolute atomic E-state index is 11.8. The molecule has 0 spiro atoms. The third-order valence-corrected chi connectivity index (χ3v) is 3.37. The zero-order valence-corrected chi connectivity index (χ0v) is 10.1. The molecule has 19 heavy (non-hydrogen) atoms. The highest BCUT2D eigenvalue weighted by molar-refractivity contribution is 6.06. The number of hydrogen-bond acceptors (Lipinski definition) is 2. The Morgan fingerprint density at radius 1 is 1.16 bits per heavy atom. The first-order valence-corrected chi connectivity index (χ1v) is 6.13. The first-order valence-electron chi connectivity index (χ1n) is 6.13. The van der Waals surface area contributed by atoms with Crippen LogP contribution in [0.4, 0.5) is 0 Å². The van der Waals surface area contributed by atoms with E-state index in [-0.39, 0.29) is 5.78 Å². The van der Waals surface area contributed by atoms with Gasteiger partial charge >= 0.3 is 0 Å². The minimum Gasteiger partial charge on any atom is -0.353 e. The first kappa shape index (κ1) is 10.3. The van der Waals surface area contributed by atoms with Crippen LogP contribution in [0.15, 0.2) is 47.5 Å². The molecule has 0 atom stereocenters. The Balaban J connectivity index is 2.04. The number of allylic oxidation sites excluding steroid dienone is 2. The molecule has 0 saturated heterocycles. The summed E-state index contributed by atoms with van der Waals surface area (Å²) in [6, 6.07) is 9.86. The molecule has 0 bridgehead atoms. The molecule has 2 aromatic rings. The Morgan fingerprint density at radius 2 is 2.05 bits per heavy atom. The fourth-order valence-electron chi connectivity index (χ4n) is 2.42. The number of fused-ring (bicyclic) bond motifs is 2. The van der Waals surface area contributed by atoms with Crippen molar-refractivity contribution in [2.75, 3.05) is 0 Å². The molecule has 3 nitrogen and oxygen atoms in total. The largest absolute Gasteiger partial charge is 0.353 e. The number of rotatable bonds is 0. The van der Waals surface area contributed by atoms with Gasteiger partial charge in [-0.1, -0.05) is 24.3 Å². The Morgan fingerprint density at radius 3 is 2.89 bits per heavy atom. The Labute approximate surface area is 108 Å². The number of H-pyrrole nitrogens is 1. The molecule has 2 aliphatic rings. The Bertz CT molecular complexity index is 937. The molecule has 4 rings (SSSR count). The van der Waals surface area contributed by atoms with E-state index in [4.69, 9.17) is 0 Å². The van der Waals surface area contributed by atoms with Gasteiger partial charge in [0.2, 0.25) is 0 Å². The van der Waals surface area contributed by atoms with Crippen LogP contribution in [0.25, 0.3) is 17.8 Å². The lowest BCUT2D eigenvalue weighted by Crippen LogP contribution is -2.19. The van der Waals surface area contributed by atoms with Gasteiger partial charge in [-0.15, -0.1) is 0 Å². The van der Waals surface area contributed by atoms with Crippen LogP contribution in [0, 0.1) is 0 Å². The van der Waals surface area contributed by atoms with E-state index in [1.807, 2.05) is 42.5 Å². The molecular formula is C16H10N2O. The van der Waals surface area contributed by atoms with Crippen LogP contribution in [-0.4, -0.2) is 10.8 Å². The van der Waals surface area contributed by atoms with Crippen molar-refractivity contribution >= 4 is 23.6 Å². The normalized spacial score (nSPS) is 18.2. The molecule has 1 aliphatic carbocycles. The summed E-state index contributed by atoms with van der Waals surface area (Å²) in [7, 11) is 0. The molecule has 1 aromatic carbocycles. The van der Waals surface area contributed by atoms with Gasteiger partial charge in [-0.05, 0) is 30.4 Å². The van der Waals surface area contributed by atoms with E-state index in [1.54, 1.807) is 12.2 Å². The van der Waals surface area contributed by atoms with Gasteiger partial charge in [0, 0.05) is 16.1 Å². The first-order chi connectivity index (χ1) is 9.31. The van der Waals surface area contributed by atoms with Crippen LogP contribution in [0.2, 0.25) is 0 Å². The lowest BCUT2D eigenvalue weighted by Gasteiger charge is -1.92. The number of nitrogens with zero attached hydrogens (tertiary/aromatic N) is 1. The van der Waals surface area contributed by atoms with Gasteiger partial charge in [-0.2, -0.15) is 0 Å². The molecular weight excluding hydrogens is 236 g/mol. The summed E-state index contributed by atoms with van der Waals surface area (Å²) in [6.45, 7) is 0. The summed E-state index contributed by atoms with van der Waals surface area (Å²) in [5, 5.41) is 3.82. The highest BCUT2D eigenvalue weighted by atomic mass is 16.1. The quantitative estimate of drug-likeness (QED) is 0.685. The molecule has 1 aromatic heterocycles. The number of carbonyl (C=O) groups excluding carboxylic acids is 1. The number of hydrogen-bond donors (Lipinski definition) is 1. The van der Waals surface area contributed by atoms with Gasteiger partial charge in [0.25, 0.3) is 0 Å². The number of para-hydroxylation sites is 1. The molecule has 90 valence electrons. The zero-order valence-electron chi connectivity index (χ0n) is 10.1. The molecule has 0 amide bonds. The number of ketones is 1. The van der Waals surface area contributed by atoms with Crippen molar-refractivity contribution in [1.82, 2.24) is 4.98 Å². The molecule has 1 N–H and O–H groups in total. The third-order valence-electron chi connectivity index (χ3n) is 3.37. The van der Waals surface area contributed by atoms with Crippen molar-refractivity contribution in [3.05, 3.63) is 69.3 Å². The van der Waals surface area contributed by atoms with Crippen molar-refractivity contribution in [1.29, 1.82) is 0 Å². The van der Waals surface area contributed by atoms with E-state index in [0.29, 0.717) is 5.56 Å². The molecule has 0 unspecified atom stereocenters. The third kappa shape index (κ3) is 1.52. The fraction of sp³-hybridized carbons (Fsp3) is 0. The topological polar surface area (TPSA) is 45.2 Å². The van der Waals surface area contributed by atoms with E-state index < -0.39 is 0 Å². The average molecular weight is 246 g/mol. The predicted molar refractivity (Wildman–Crippen MR) is 73.1 cm³/mol. The lowest BCUT2D eigenvalue weighted by atomic mass is 10.1. The van der Waals surface area contributed by atoms with Crippen molar-refractivity contribution in [3.63, 3.8) is 0 Å². The molecule has 1 aliphatic heterocycles. The van der Waals surface area contributed by atoms with E-state index in [0.717, 1.165) is 27.0 Å². The SMILES string of the molecule is O=C1C=CC=c2[nH]c(=C3C=c4ccccc4=N3)cc21. The van der Waals surface area contributed by atoms with E-state index in [2.05, 4.69) is 9.98 Å². The van der Waals surface area contributed by atoms with Gasteiger partial charge in [-0.25, -0.2) is 4.99 Å². The average Bonchev–Trinajstić information content (AvgIpc) is 3.02. The minimum atomic E-state index is 0.0381. The summed E-state index contributed by atoms with van der Waals surface area (Å²) >= 11 is 0. The smallest absolute Gasteiger partial charge is 0.188 e. The monoisotopic (exact) mass is 246 g/mol. The minimum absolute atomic E-state index is 0.0381. The Kier molecular flexibility index (Phi) is 1.97. The number of aromatic amines is 1. The summed E-state index contributed by atoms with van der Waals surface area (Å²) in [5.74, 6) is 0.0381. The molecule has 0 radical (unpaired) electrons. The number of aromatic nitrogens is 1. The number of nitrogens with one attached hydrogen (secondary N) is 1. The van der Waals surface area contributed by atoms with E-state index in [9.17, 15) is 4.79 Å². The molecule has 0 fully saturated rings. The van der Waals surface area contributed by atoms with Crippen molar-refractivity contribution < 1.29 is 4.79 Å². The van der Waals surface area contributed by atoms with E-state index in [1.165, 1.54) is 0 Å². The van der Waals surface area contributed by atoms with Crippen molar-refractivity contribution in [3.8, 4) is 0 Å². The lowest BCUT2D eigenvalue weighted by molar-refractivity contribution is 0.104. The van der Waals surface area contributed by atoms with Gasteiger partial charge in [0.05, 0.1) is 16.4 Å². The van der Waals surface area contributed by atoms with Gasteiger partial charge in [0.1, 0.15) is 0 Å². The summed E-state index contributed by atoms with van der Waals surface area (Å²) < 4.78 is 0. The Hall–Kier alpha value is -2.68. The summed E-state index contributed by atoms with van der Waals surface area (Å²) in [5.41, 5.74) is 1.58. The standard InChI is InChI=1S/C16H10N2O/c19-16-7-3-6-13-11(16)9-15(18-13)14-8-10-4-1-2-5-12(10)17-14/h1-9,18H. The van der Waals surface area contributed by atoms with Gasteiger partial charge in [0.15, 0.2) is 5.78 Å². The second-order valence-electron chi connectivity index (χ2n) is 4.60. The van der Waals surface area contributed by atoms with Crippen LogP contribution in [0.3, 0.4) is 0 Å². The summed E-state index contributed by atoms with van der Waals surface area (Å²) in [6.07, 6.45) is 7.28. The highest BCUT2D eigenvalue weighted by Gasteiger charge is 2.10. The maximum atomic E-state index is 11.8. The van der Waals surface area contributed by atoms with Crippen molar-refractivity contribution in [2.45, 2.75) is 0 Å². The molecule has 3 heteroatoms. The van der Waals surface area contributed by atoms with Crippen molar-refractivity contribution in [2.24, 2.45) is 4.99 Å². The second kappa shape index (κ2) is 3.65.